The van der Waals surface area contributed by atoms with Crippen molar-refractivity contribution < 1.29 is 8.83 Å². The van der Waals surface area contributed by atoms with Gasteiger partial charge in [-0.25, -0.2) is 0 Å². The molecule has 0 spiro atoms. The summed E-state index contributed by atoms with van der Waals surface area (Å²) in [5, 5.41) is 11.7. The predicted octanol–water partition coefficient (Wildman–Crippen LogP) is 16.4. The number of furan rings is 2. The highest BCUT2D eigenvalue weighted by Crippen LogP contribution is 2.54. The van der Waals surface area contributed by atoms with Gasteiger partial charge in [0, 0.05) is 60.9 Å². The van der Waals surface area contributed by atoms with Crippen LogP contribution in [0.5, 0.6) is 0 Å². The van der Waals surface area contributed by atoms with Gasteiger partial charge in [-0.05, 0) is 91.6 Å². The van der Waals surface area contributed by atoms with Crippen molar-refractivity contribution in [2.24, 2.45) is 0 Å². The van der Waals surface area contributed by atoms with E-state index in [-0.39, 0.29) is 5.41 Å². The molecule has 0 saturated heterocycles. The molecule has 0 aliphatic heterocycles. The van der Waals surface area contributed by atoms with Gasteiger partial charge in [-0.3, -0.25) is 0 Å². The summed E-state index contributed by atoms with van der Waals surface area (Å²) in [5.74, 6) is 0. The average molecular weight is 768 g/mol. The number of anilines is 3. The van der Waals surface area contributed by atoms with E-state index in [0.717, 1.165) is 72.1 Å². The Morgan fingerprint density at radius 2 is 0.883 bits per heavy atom. The highest BCUT2D eigenvalue weighted by atomic mass is 16.3. The molecule has 3 heteroatoms. The van der Waals surface area contributed by atoms with Crippen LogP contribution in [0.15, 0.2) is 197 Å². The zero-order valence-electron chi connectivity index (χ0n) is 33.2. The van der Waals surface area contributed by atoms with Gasteiger partial charge in [-0.2, -0.15) is 0 Å². The zero-order chi connectivity index (χ0) is 39.7. The summed E-state index contributed by atoms with van der Waals surface area (Å²) in [5.41, 5.74) is 13.9. The van der Waals surface area contributed by atoms with Gasteiger partial charge in [0.25, 0.3) is 0 Å². The van der Waals surface area contributed by atoms with Crippen LogP contribution in [0.3, 0.4) is 0 Å². The lowest BCUT2D eigenvalue weighted by Crippen LogP contribution is -2.17. The monoisotopic (exact) mass is 767 g/mol. The van der Waals surface area contributed by atoms with Gasteiger partial charge in [0.05, 0.1) is 5.69 Å². The number of hydrogen-bond donors (Lipinski definition) is 0. The molecule has 1 aliphatic rings. The van der Waals surface area contributed by atoms with E-state index in [1.807, 2.05) is 6.07 Å². The molecule has 0 radical (unpaired) electrons. The number of fused-ring (bicyclic) bond motifs is 15. The molecule has 12 aromatic rings. The third kappa shape index (κ3) is 4.55. The smallest absolute Gasteiger partial charge is 0.143 e. The van der Waals surface area contributed by atoms with Crippen molar-refractivity contribution in [1.29, 1.82) is 0 Å². The van der Waals surface area contributed by atoms with Crippen molar-refractivity contribution in [3.8, 4) is 22.3 Å². The minimum atomic E-state index is -0.183. The minimum Gasteiger partial charge on any atom is -0.456 e. The summed E-state index contributed by atoms with van der Waals surface area (Å²) < 4.78 is 13.5. The van der Waals surface area contributed by atoms with E-state index in [9.17, 15) is 0 Å². The Hall–Kier alpha value is -7.62. The Labute approximate surface area is 346 Å². The average Bonchev–Trinajstić information content (AvgIpc) is 3.94. The van der Waals surface area contributed by atoms with Crippen LogP contribution in [0.4, 0.5) is 17.1 Å². The maximum absolute atomic E-state index is 6.91. The first-order valence-corrected chi connectivity index (χ1v) is 20.8. The maximum Gasteiger partial charge on any atom is 0.143 e. The fourth-order valence-corrected chi connectivity index (χ4v) is 10.5. The molecule has 13 rings (SSSR count). The molecule has 0 atom stereocenters. The predicted molar refractivity (Wildman–Crippen MR) is 251 cm³/mol. The molecule has 0 bridgehead atoms. The molecule has 0 unspecified atom stereocenters. The van der Waals surface area contributed by atoms with Gasteiger partial charge in [-0.15, -0.1) is 0 Å². The van der Waals surface area contributed by atoms with Crippen molar-refractivity contribution in [2.75, 3.05) is 4.90 Å². The maximum atomic E-state index is 6.91. The quantitative estimate of drug-likeness (QED) is 0.167. The van der Waals surface area contributed by atoms with E-state index >= 15 is 0 Å². The number of nitrogens with zero attached hydrogens (tertiary/aromatic N) is 1. The minimum absolute atomic E-state index is 0.183. The highest BCUT2D eigenvalue weighted by Gasteiger charge is 2.36. The number of para-hydroxylation sites is 3. The molecule has 2 heterocycles. The van der Waals surface area contributed by atoms with E-state index in [1.165, 1.54) is 54.6 Å². The molecular weight excluding hydrogens is 731 g/mol. The SMILES string of the molecule is CC1(C)c2ccccc2-c2ccc(N(c3ccc4c(c3)oc3ccccc34)c3ccc4c5ccccc5c5ccccc5c4c3-c3cccc4c3oc3ccccc34)cc21. The molecule has 0 amide bonds. The van der Waals surface area contributed by atoms with Crippen LogP contribution in [0.2, 0.25) is 0 Å². The zero-order valence-corrected chi connectivity index (χ0v) is 33.2. The van der Waals surface area contributed by atoms with Gasteiger partial charge >= 0.3 is 0 Å². The van der Waals surface area contributed by atoms with Gasteiger partial charge in [0.1, 0.15) is 22.3 Å². The van der Waals surface area contributed by atoms with Crippen LogP contribution in [-0.4, -0.2) is 0 Å². The lowest BCUT2D eigenvalue weighted by atomic mass is 9.82. The summed E-state index contributed by atoms with van der Waals surface area (Å²) in [6.07, 6.45) is 0. The number of rotatable bonds is 4. The van der Waals surface area contributed by atoms with Crippen LogP contribution in [-0.2, 0) is 5.41 Å². The van der Waals surface area contributed by atoms with E-state index in [2.05, 4.69) is 201 Å². The summed E-state index contributed by atoms with van der Waals surface area (Å²) in [4.78, 5) is 2.45. The molecule has 0 saturated carbocycles. The summed E-state index contributed by atoms with van der Waals surface area (Å²) >= 11 is 0. The standard InChI is InChI=1S/C57H37NO2/c1-57(2)48-23-10-7-17-39(48)40-28-26-34(32-49(40)57)58(35-27-29-43-41-18-8-11-24-51(41)59-53(43)33-35)50-31-30-45-38-16-4-3-14-36(38)37-15-5-6-20-44(37)54(45)55(50)47-22-13-21-46-42-19-9-12-25-52(42)60-56(46)47/h3-33H,1-2H3. The molecule has 2 aromatic heterocycles. The van der Waals surface area contributed by atoms with E-state index in [1.54, 1.807) is 0 Å². The number of hydrogen-bond acceptors (Lipinski definition) is 3. The fourth-order valence-electron chi connectivity index (χ4n) is 10.5. The molecule has 282 valence electrons. The Morgan fingerprint density at radius 3 is 1.67 bits per heavy atom. The summed E-state index contributed by atoms with van der Waals surface area (Å²) in [6, 6.07) is 68.3. The first-order valence-electron chi connectivity index (χ1n) is 20.8. The molecule has 60 heavy (non-hydrogen) atoms. The van der Waals surface area contributed by atoms with Crippen LogP contribution in [0.1, 0.15) is 25.0 Å². The first kappa shape index (κ1) is 33.4. The normalized spacial score (nSPS) is 13.3. The second-order valence-electron chi connectivity index (χ2n) is 16.8. The van der Waals surface area contributed by atoms with Crippen LogP contribution in [0, 0.1) is 0 Å². The lowest BCUT2D eigenvalue weighted by Gasteiger charge is -2.31. The summed E-state index contributed by atoms with van der Waals surface area (Å²) in [6.45, 7) is 4.71. The van der Waals surface area contributed by atoms with E-state index in [4.69, 9.17) is 8.83 Å². The molecule has 3 nitrogen and oxygen atoms in total. The lowest BCUT2D eigenvalue weighted by molar-refractivity contribution is 0.660. The summed E-state index contributed by atoms with van der Waals surface area (Å²) in [7, 11) is 0. The third-order valence-corrected chi connectivity index (χ3v) is 13.2. The topological polar surface area (TPSA) is 29.5 Å². The van der Waals surface area contributed by atoms with Crippen molar-refractivity contribution in [2.45, 2.75) is 19.3 Å². The fraction of sp³-hybridized carbons (Fsp3) is 0.0526. The molecular formula is C57H37NO2. The number of benzene rings is 10. The Morgan fingerprint density at radius 1 is 0.367 bits per heavy atom. The molecule has 0 fully saturated rings. The van der Waals surface area contributed by atoms with E-state index in [0.29, 0.717) is 0 Å². The van der Waals surface area contributed by atoms with Crippen molar-refractivity contribution in [3.05, 3.63) is 199 Å². The molecule has 1 aliphatic carbocycles. The Bertz CT molecular complexity index is 3730. The first-order chi connectivity index (χ1) is 29.5. The van der Waals surface area contributed by atoms with Crippen LogP contribution >= 0.6 is 0 Å². The highest BCUT2D eigenvalue weighted by molar-refractivity contribution is 6.31. The second kappa shape index (κ2) is 12.2. The van der Waals surface area contributed by atoms with E-state index < -0.39 is 0 Å². The van der Waals surface area contributed by atoms with Gasteiger partial charge in [0.15, 0.2) is 0 Å². The van der Waals surface area contributed by atoms with Crippen molar-refractivity contribution in [1.82, 2.24) is 0 Å². The largest absolute Gasteiger partial charge is 0.456 e. The molecule has 0 N–H and O–H groups in total. The second-order valence-corrected chi connectivity index (χ2v) is 16.8. The van der Waals surface area contributed by atoms with Gasteiger partial charge in [-0.1, -0.05) is 153 Å². The Kier molecular flexibility index (Phi) is 6.78. The van der Waals surface area contributed by atoms with Crippen LogP contribution < -0.4 is 4.90 Å². The van der Waals surface area contributed by atoms with Gasteiger partial charge < -0.3 is 13.7 Å². The van der Waals surface area contributed by atoms with Crippen molar-refractivity contribution in [3.63, 3.8) is 0 Å². The van der Waals surface area contributed by atoms with Crippen molar-refractivity contribution >= 4 is 93.3 Å². The Balaban J connectivity index is 1.19. The van der Waals surface area contributed by atoms with Gasteiger partial charge in [0.2, 0.25) is 0 Å². The third-order valence-electron chi connectivity index (χ3n) is 13.2. The van der Waals surface area contributed by atoms with Crippen LogP contribution in [0.25, 0.3) is 98.4 Å². The molecule has 10 aromatic carbocycles.